The highest BCUT2D eigenvalue weighted by molar-refractivity contribution is 5.76. The summed E-state index contributed by atoms with van der Waals surface area (Å²) in [5.41, 5.74) is 5.90. The van der Waals surface area contributed by atoms with Gasteiger partial charge in [0.1, 0.15) is 0 Å². The molecule has 17 heavy (non-hydrogen) atoms. The number of amides is 1. The van der Waals surface area contributed by atoms with Gasteiger partial charge in [-0.2, -0.15) is 0 Å². The van der Waals surface area contributed by atoms with Gasteiger partial charge in [-0.05, 0) is 45.2 Å². The van der Waals surface area contributed by atoms with Crippen LogP contribution in [0.5, 0.6) is 0 Å². The number of carbonyl (C=O) groups excluding carboxylic acids is 1. The van der Waals surface area contributed by atoms with E-state index in [-0.39, 0.29) is 6.04 Å². The van der Waals surface area contributed by atoms with Gasteiger partial charge in [0.05, 0.1) is 0 Å². The van der Waals surface area contributed by atoms with Crippen LogP contribution in [0.3, 0.4) is 0 Å². The van der Waals surface area contributed by atoms with Crippen LogP contribution in [-0.2, 0) is 4.79 Å². The minimum Gasteiger partial charge on any atom is -0.341 e. The van der Waals surface area contributed by atoms with Crippen LogP contribution < -0.4 is 5.73 Å². The fourth-order valence-electron chi connectivity index (χ4n) is 2.98. The summed E-state index contributed by atoms with van der Waals surface area (Å²) >= 11 is 0. The number of carbonyl (C=O) groups is 1. The Labute approximate surface area is 104 Å². The first-order chi connectivity index (χ1) is 8.15. The molecule has 2 aliphatic heterocycles. The molecule has 2 fully saturated rings. The van der Waals surface area contributed by atoms with E-state index in [0.29, 0.717) is 12.3 Å². The van der Waals surface area contributed by atoms with Gasteiger partial charge in [-0.15, -0.1) is 0 Å². The highest BCUT2D eigenvalue weighted by atomic mass is 16.2. The molecule has 0 aromatic heterocycles. The third-order valence-electron chi connectivity index (χ3n) is 4.07. The number of rotatable bonds is 3. The second-order valence-corrected chi connectivity index (χ2v) is 5.70. The van der Waals surface area contributed by atoms with Crippen LogP contribution in [-0.4, -0.2) is 55.0 Å². The lowest BCUT2D eigenvalue weighted by Crippen LogP contribution is -2.45. The summed E-state index contributed by atoms with van der Waals surface area (Å²) < 4.78 is 0. The summed E-state index contributed by atoms with van der Waals surface area (Å²) in [6.07, 6.45) is 5.15. The van der Waals surface area contributed by atoms with Crippen molar-refractivity contribution >= 4 is 5.91 Å². The molecule has 0 bridgehead atoms. The van der Waals surface area contributed by atoms with Gasteiger partial charge in [0.2, 0.25) is 5.91 Å². The highest BCUT2D eigenvalue weighted by Gasteiger charge is 2.24. The van der Waals surface area contributed by atoms with Crippen LogP contribution in [0.2, 0.25) is 0 Å². The molecule has 0 spiro atoms. The summed E-state index contributed by atoms with van der Waals surface area (Å²) in [6.45, 7) is 4.03. The third-order valence-corrected chi connectivity index (χ3v) is 4.07. The maximum absolute atomic E-state index is 12.0. The van der Waals surface area contributed by atoms with E-state index in [1.54, 1.807) is 0 Å². The molecular weight excluding hydrogens is 214 g/mol. The van der Waals surface area contributed by atoms with E-state index in [2.05, 4.69) is 11.9 Å². The van der Waals surface area contributed by atoms with Crippen LogP contribution in [0.4, 0.5) is 0 Å². The molecule has 4 heteroatoms. The van der Waals surface area contributed by atoms with Crippen molar-refractivity contribution < 1.29 is 4.79 Å². The van der Waals surface area contributed by atoms with Gasteiger partial charge >= 0.3 is 0 Å². The highest BCUT2D eigenvalue weighted by Crippen LogP contribution is 2.20. The van der Waals surface area contributed by atoms with Crippen LogP contribution in [0.25, 0.3) is 0 Å². The first kappa shape index (κ1) is 12.8. The van der Waals surface area contributed by atoms with E-state index in [4.69, 9.17) is 5.73 Å². The summed E-state index contributed by atoms with van der Waals surface area (Å²) in [5.74, 6) is 1.04. The SMILES string of the molecule is CN1CCC(CCC(=O)N2CCCC(N)C2)C1. The quantitative estimate of drug-likeness (QED) is 0.787. The van der Waals surface area contributed by atoms with Gasteiger partial charge in [0.15, 0.2) is 0 Å². The predicted octanol–water partition coefficient (Wildman–Crippen LogP) is 0.668. The number of piperidine rings is 1. The van der Waals surface area contributed by atoms with Gasteiger partial charge in [-0.1, -0.05) is 0 Å². The van der Waals surface area contributed by atoms with Crippen LogP contribution in [0, 0.1) is 5.92 Å². The molecule has 4 nitrogen and oxygen atoms in total. The van der Waals surface area contributed by atoms with Crippen molar-refractivity contribution in [3.63, 3.8) is 0 Å². The van der Waals surface area contributed by atoms with Crippen molar-refractivity contribution in [1.29, 1.82) is 0 Å². The maximum Gasteiger partial charge on any atom is 0.222 e. The number of hydrogen-bond acceptors (Lipinski definition) is 3. The number of hydrogen-bond donors (Lipinski definition) is 1. The van der Waals surface area contributed by atoms with Crippen molar-refractivity contribution in [2.45, 2.75) is 38.1 Å². The predicted molar refractivity (Wildman–Crippen MR) is 68.6 cm³/mol. The molecule has 98 valence electrons. The molecule has 1 amide bonds. The second kappa shape index (κ2) is 5.83. The first-order valence-electron chi connectivity index (χ1n) is 6.87. The Kier molecular flexibility index (Phi) is 4.40. The molecule has 2 rings (SSSR count). The third kappa shape index (κ3) is 3.68. The van der Waals surface area contributed by atoms with Crippen molar-refractivity contribution in [1.82, 2.24) is 9.80 Å². The van der Waals surface area contributed by atoms with Crippen molar-refractivity contribution in [2.75, 3.05) is 33.2 Å². The Bertz CT molecular complexity index is 269. The Morgan fingerprint density at radius 1 is 1.29 bits per heavy atom. The fourth-order valence-corrected chi connectivity index (χ4v) is 2.98. The average Bonchev–Trinajstić information content (AvgIpc) is 2.72. The van der Waals surface area contributed by atoms with Crippen molar-refractivity contribution in [2.24, 2.45) is 11.7 Å². The van der Waals surface area contributed by atoms with E-state index in [9.17, 15) is 4.79 Å². The van der Waals surface area contributed by atoms with Gasteiger partial charge in [-0.3, -0.25) is 4.79 Å². The van der Waals surface area contributed by atoms with Gasteiger partial charge in [0.25, 0.3) is 0 Å². The average molecular weight is 239 g/mol. The van der Waals surface area contributed by atoms with E-state index in [0.717, 1.165) is 44.8 Å². The topological polar surface area (TPSA) is 49.6 Å². The zero-order valence-electron chi connectivity index (χ0n) is 10.9. The lowest BCUT2D eigenvalue weighted by atomic mass is 10.0. The molecular formula is C13H25N3O. The van der Waals surface area contributed by atoms with Crippen molar-refractivity contribution in [3.05, 3.63) is 0 Å². The Hall–Kier alpha value is -0.610. The minimum absolute atomic E-state index is 0.199. The monoisotopic (exact) mass is 239 g/mol. The Balaban J connectivity index is 1.69. The normalized spacial score (nSPS) is 30.8. The number of nitrogens with two attached hydrogens (primary N) is 1. The molecule has 0 aliphatic carbocycles. The van der Waals surface area contributed by atoms with E-state index in [1.165, 1.54) is 13.0 Å². The van der Waals surface area contributed by atoms with Crippen LogP contribution in [0.1, 0.15) is 32.1 Å². The lowest BCUT2D eigenvalue weighted by molar-refractivity contribution is -0.132. The molecule has 0 aromatic carbocycles. The van der Waals surface area contributed by atoms with E-state index >= 15 is 0 Å². The summed E-state index contributed by atoms with van der Waals surface area (Å²) in [7, 11) is 2.16. The van der Waals surface area contributed by atoms with Crippen LogP contribution >= 0.6 is 0 Å². The molecule has 2 atom stereocenters. The van der Waals surface area contributed by atoms with Gasteiger partial charge in [0, 0.05) is 32.1 Å². The number of likely N-dealkylation sites (tertiary alicyclic amines) is 2. The zero-order valence-corrected chi connectivity index (χ0v) is 10.9. The summed E-state index contributed by atoms with van der Waals surface area (Å²) in [6, 6.07) is 0.199. The molecule has 2 N–H and O–H groups in total. The smallest absolute Gasteiger partial charge is 0.222 e. The molecule has 2 saturated heterocycles. The zero-order chi connectivity index (χ0) is 12.3. The molecule has 0 saturated carbocycles. The summed E-state index contributed by atoms with van der Waals surface area (Å²) in [5, 5.41) is 0. The largest absolute Gasteiger partial charge is 0.341 e. The second-order valence-electron chi connectivity index (χ2n) is 5.70. The fraction of sp³-hybridized carbons (Fsp3) is 0.923. The number of nitrogens with zero attached hydrogens (tertiary/aromatic N) is 2. The van der Waals surface area contributed by atoms with Gasteiger partial charge in [-0.25, -0.2) is 0 Å². The van der Waals surface area contributed by atoms with Gasteiger partial charge < -0.3 is 15.5 Å². The Morgan fingerprint density at radius 2 is 2.12 bits per heavy atom. The summed E-state index contributed by atoms with van der Waals surface area (Å²) in [4.78, 5) is 16.4. The van der Waals surface area contributed by atoms with Crippen molar-refractivity contribution in [3.8, 4) is 0 Å². The molecule has 2 heterocycles. The lowest BCUT2D eigenvalue weighted by Gasteiger charge is -2.31. The molecule has 0 aromatic rings. The van der Waals surface area contributed by atoms with Crippen LogP contribution in [0.15, 0.2) is 0 Å². The molecule has 2 unspecified atom stereocenters. The molecule has 2 aliphatic rings. The Morgan fingerprint density at radius 3 is 2.76 bits per heavy atom. The van der Waals surface area contributed by atoms with E-state index in [1.807, 2.05) is 4.90 Å². The first-order valence-corrected chi connectivity index (χ1v) is 6.87. The van der Waals surface area contributed by atoms with E-state index < -0.39 is 0 Å². The standard InChI is InChI=1S/C13H25N3O/c1-15-8-6-11(9-15)4-5-13(17)16-7-2-3-12(14)10-16/h11-12H,2-10,14H2,1H3. The minimum atomic E-state index is 0.199. The maximum atomic E-state index is 12.0. The molecule has 0 radical (unpaired) electrons.